The number of carbonyl (C=O) groups excluding carboxylic acids is 1. The Morgan fingerprint density at radius 1 is 1.40 bits per heavy atom. The third kappa shape index (κ3) is 5.40. The van der Waals surface area contributed by atoms with Crippen molar-refractivity contribution in [2.45, 2.75) is 19.1 Å². The summed E-state index contributed by atoms with van der Waals surface area (Å²) in [5, 5.41) is 16.2. The van der Waals surface area contributed by atoms with Crippen LogP contribution < -0.4 is 10.6 Å². The topological polar surface area (TPSA) is 61.4 Å². The lowest BCUT2D eigenvalue weighted by molar-refractivity contribution is 0.173. The van der Waals surface area contributed by atoms with Gasteiger partial charge >= 0.3 is 6.03 Å². The fourth-order valence-electron chi connectivity index (χ4n) is 1.69. The molecule has 112 valence electrons. The minimum absolute atomic E-state index is 0.0429. The number of urea groups is 1. The van der Waals surface area contributed by atoms with E-state index in [0.29, 0.717) is 15.6 Å². The number of halogens is 2. The molecule has 0 saturated carbocycles. The first-order chi connectivity index (χ1) is 9.45. The summed E-state index contributed by atoms with van der Waals surface area (Å²) in [7, 11) is 0. The van der Waals surface area contributed by atoms with Crippen LogP contribution in [0.2, 0.25) is 10.0 Å². The molecule has 0 aromatic heterocycles. The Labute approximate surface area is 133 Å². The fourth-order valence-corrected chi connectivity index (χ4v) is 2.92. The van der Waals surface area contributed by atoms with E-state index in [1.807, 2.05) is 13.2 Å². The second-order valence-electron chi connectivity index (χ2n) is 4.36. The Hall–Kier alpha value is -0.620. The number of benzene rings is 1. The number of rotatable bonds is 6. The lowest BCUT2D eigenvalue weighted by atomic mass is 10.1. The van der Waals surface area contributed by atoms with Crippen molar-refractivity contribution < 1.29 is 9.90 Å². The number of hydrogen-bond donors (Lipinski definition) is 3. The molecule has 0 radical (unpaired) electrons. The molecule has 2 unspecified atom stereocenters. The van der Waals surface area contributed by atoms with Crippen molar-refractivity contribution in [3.63, 3.8) is 0 Å². The van der Waals surface area contributed by atoms with Gasteiger partial charge in [-0.2, -0.15) is 11.8 Å². The van der Waals surface area contributed by atoms with Gasteiger partial charge in [0.05, 0.1) is 6.10 Å². The van der Waals surface area contributed by atoms with E-state index in [4.69, 9.17) is 23.2 Å². The van der Waals surface area contributed by atoms with E-state index < -0.39 is 6.10 Å². The first-order valence-electron chi connectivity index (χ1n) is 6.11. The van der Waals surface area contributed by atoms with Gasteiger partial charge in [-0.05, 0) is 25.3 Å². The van der Waals surface area contributed by atoms with E-state index in [2.05, 4.69) is 10.6 Å². The van der Waals surface area contributed by atoms with Gasteiger partial charge in [-0.1, -0.05) is 29.3 Å². The average molecular weight is 337 g/mol. The van der Waals surface area contributed by atoms with Crippen LogP contribution in [0.15, 0.2) is 18.2 Å². The second kappa shape index (κ2) is 8.62. The van der Waals surface area contributed by atoms with Gasteiger partial charge in [-0.3, -0.25) is 0 Å². The minimum Gasteiger partial charge on any atom is -0.386 e. The number of aliphatic hydroxyl groups is 1. The Kier molecular flexibility index (Phi) is 7.51. The quantitative estimate of drug-likeness (QED) is 0.748. The lowest BCUT2D eigenvalue weighted by Gasteiger charge is -2.17. The Bertz CT molecular complexity index is 440. The number of amides is 2. The van der Waals surface area contributed by atoms with Crippen LogP contribution in [0.1, 0.15) is 18.6 Å². The predicted octanol–water partition coefficient (Wildman–Crippen LogP) is 3.08. The van der Waals surface area contributed by atoms with Crippen LogP contribution in [0, 0.1) is 0 Å². The zero-order valence-electron chi connectivity index (χ0n) is 11.3. The molecule has 0 aliphatic carbocycles. The van der Waals surface area contributed by atoms with Gasteiger partial charge in [-0.25, -0.2) is 4.79 Å². The van der Waals surface area contributed by atoms with Crippen molar-refractivity contribution in [2.24, 2.45) is 0 Å². The highest BCUT2D eigenvalue weighted by atomic mass is 35.5. The molecule has 7 heteroatoms. The van der Waals surface area contributed by atoms with Gasteiger partial charge in [0.15, 0.2) is 0 Å². The van der Waals surface area contributed by atoms with Crippen LogP contribution in [0.4, 0.5) is 4.79 Å². The van der Waals surface area contributed by atoms with Crippen LogP contribution in [-0.4, -0.2) is 35.7 Å². The molecule has 1 aromatic carbocycles. The Morgan fingerprint density at radius 3 is 2.55 bits per heavy atom. The first-order valence-corrected chi connectivity index (χ1v) is 8.26. The molecule has 1 aromatic rings. The smallest absolute Gasteiger partial charge is 0.315 e. The summed E-state index contributed by atoms with van der Waals surface area (Å²) in [6.07, 6.45) is 1.02. The van der Waals surface area contributed by atoms with Crippen LogP contribution >= 0.6 is 35.0 Å². The summed E-state index contributed by atoms with van der Waals surface area (Å²) in [5.41, 5.74) is 0.424. The fraction of sp³-hybridized carbons (Fsp3) is 0.462. The largest absolute Gasteiger partial charge is 0.386 e. The van der Waals surface area contributed by atoms with Gasteiger partial charge in [0.2, 0.25) is 0 Å². The molecule has 0 saturated heterocycles. The lowest BCUT2D eigenvalue weighted by Crippen LogP contribution is -2.43. The standard InChI is InChI=1S/C13H18Cl2N2O2S/c1-8(7-20-2)17-13(19)16-6-11(18)12-9(14)4-3-5-10(12)15/h3-5,8,11,18H,6-7H2,1-2H3,(H2,16,17,19). The maximum absolute atomic E-state index is 11.6. The predicted molar refractivity (Wildman–Crippen MR) is 85.8 cm³/mol. The van der Waals surface area contributed by atoms with E-state index in [-0.39, 0.29) is 18.6 Å². The SMILES string of the molecule is CSCC(C)NC(=O)NCC(O)c1c(Cl)cccc1Cl. The first kappa shape index (κ1) is 17.4. The highest BCUT2D eigenvalue weighted by Gasteiger charge is 2.16. The van der Waals surface area contributed by atoms with Crippen LogP contribution in [0.25, 0.3) is 0 Å². The molecule has 1 rings (SSSR count). The maximum atomic E-state index is 11.6. The van der Waals surface area contributed by atoms with Gasteiger partial charge in [0, 0.05) is 33.9 Å². The Morgan fingerprint density at radius 2 is 2.00 bits per heavy atom. The zero-order chi connectivity index (χ0) is 15.1. The number of thioether (sulfide) groups is 1. The van der Waals surface area contributed by atoms with Crippen molar-refractivity contribution in [1.29, 1.82) is 0 Å². The monoisotopic (exact) mass is 336 g/mol. The molecule has 0 spiro atoms. The molecular weight excluding hydrogens is 319 g/mol. The summed E-state index contributed by atoms with van der Waals surface area (Å²) >= 11 is 13.6. The molecule has 20 heavy (non-hydrogen) atoms. The van der Waals surface area contributed by atoms with Gasteiger partial charge in [-0.15, -0.1) is 0 Å². The molecule has 0 fully saturated rings. The van der Waals surface area contributed by atoms with E-state index in [9.17, 15) is 9.90 Å². The van der Waals surface area contributed by atoms with Gasteiger partial charge in [0.25, 0.3) is 0 Å². The van der Waals surface area contributed by atoms with Crippen molar-refractivity contribution in [1.82, 2.24) is 10.6 Å². The summed E-state index contributed by atoms with van der Waals surface area (Å²) in [6.45, 7) is 1.96. The summed E-state index contributed by atoms with van der Waals surface area (Å²) in [4.78, 5) is 11.6. The van der Waals surface area contributed by atoms with Crippen LogP contribution in [-0.2, 0) is 0 Å². The van der Waals surface area contributed by atoms with Gasteiger partial charge < -0.3 is 15.7 Å². The van der Waals surface area contributed by atoms with Crippen molar-refractivity contribution in [2.75, 3.05) is 18.6 Å². The number of nitrogens with one attached hydrogen (secondary N) is 2. The molecule has 2 amide bonds. The number of aliphatic hydroxyl groups excluding tert-OH is 1. The van der Waals surface area contributed by atoms with Crippen molar-refractivity contribution >= 4 is 41.0 Å². The van der Waals surface area contributed by atoms with Crippen LogP contribution in [0.3, 0.4) is 0 Å². The third-order valence-corrected chi connectivity index (χ3v) is 4.08. The van der Waals surface area contributed by atoms with Crippen molar-refractivity contribution in [3.05, 3.63) is 33.8 Å². The molecule has 2 atom stereocenters. The zero-order valence-corrected chi connectivity index (χ0v) is 13.6. The highest BCUT2D eigenvalue weighted by Crippen LogP contribution is 2.29. The molecule has 4 nitrogen and oxygen atoms in total. The van der Waals surface area contributed by atoms with Crippen molar-refractivity contribution in [3.8, 4) is 0 Å². The molecular formula is C13H18Cl2N2O2S. The third-order valence-electron chi connectivity index (χ3n) is 2.58. The molecule has 0 bridgehead atoms. The Balaban J connectivity index is 2.51. The van der Waals surface area contributed by atoms with Gasteiger partial charge in [0.1, 0.15) is 0 Å². The van der Waals surface area contributed by atoms with Crippen LogP contribution in [0.5, 0.6) is 0 Å². The van der Waals surface area contributed by atoms with E-state index in [1.165, 1.54) is 0 Å². The second-order valence-corrected chi connectivity index (χ2v) is 6.09. The maximum Gasteiger partial charge on any atom is 0.315 e. The number of carbonyl (C=O) groups is 1. The summed E-state index contributed by atoms with van der Waals surface area (Å²) < 4.78 is 0. The summed E-state index contributed by atoms with van der Waals surface area (Å²) in [5.74, 6) is 0.826. The summed E-state index contributed by atoms with van der Waals surface area (Å²) in [6, 6.07) is 4.73. The average Bonchev–Trinajstić information content (AvgIpc) is 2.36. The minimum atomic E-state index is -0.946. The van der Waals surface area contributed by atoms with E-state index in [1.54, 1.807) is 30.0 Å². The normalized spacial score (nSPS) is 13.7. The highest BCUT2D eigenvalue weighted by molar-refractivity contribution is 7.98. The molecule has 0 aliphatic heterocycles. The molecule has 3 N–H and O–H groups in total. The van der Waals surface area contributed by atoms with E-state index >= 15 is 0 Å². The van der Waals surface area contributed by atoms with E-state index in [0.717, 1.165) is 5.75 Å². The molecule has 0 aliphatic rings. The molecule has 0 heterocycles. The number of hydrogen-bond acceptors (Lipinski definition) is 3.